The van der Waals surface area contributed by atoms with Crippen molar-refractivity contribution in [1.82, 2.24) is 5.32 Å². The smallest absolute Gasteiger partial charge is 0.0205 e. The fourth-order valence-electron chi connectivity index (χ4n) is 3.98. The van der Waals surface area contributed by atoms with Crippen LogP contribution in [0.25, 0.3) is 0 Å². The molecule has 1 nitrogen and oxygen atoms in total. The Labute approximate surface area is 179 Å². The van der Waals surface area contributed by atoms with E-state index >= 15 is 0 Å². The van der Waals surface area contributed by atoms with Crippen molar-refractivity contribution in [3.63, 3.8) is 0 Å². The van der Waals surface area contributed by atoms with Gasteiger partial charge in [0, 0.05) is 16.8 Å². The lowest BCUT2D eigenvalue weighted by molar-refractivity contribution is 0.523. The van der Waals surface area contributed by atoms with E-state index in [9.17, 15) is 0 Å². The molecule has 1 rings (SSSR count). The van der Waals surface area contributed by atoms with Gasteiger partial charge in [0.15, 0.2) is 0 Å². The predicted octanol–water partition coefficient (Wildman–Crippen LogP) is 7.19. The van der Waals surface area contributed by atoms with Crippen LogP contribution in [-0.4, -0.2) is 16.8 Å². The molecule has 0 fully saturated rings. The molecule has 0 heterocycles. The van der Waals surface area contributed by atoms with Crippen LogP contribution in [0.1, 0.15) is 115 Å². The number of hydrogen-bond acceptors (Lipinski definition) is 1. The molecule has 0 spiro atoms. The lowest BCUT2D eigenvalue weighted by Crippen LogP contribution is -2.14. The quantitative estimate of drug-likeness (QED) is 0.169. The van der Waals surface area contributed by atoms with E-state index in [0.29, 0.717) is 0 Å². The Kier molecular flexibility index (Phi) is 19.2. The monoisotopic (exact) mass is 403 g/mol. The zero-order valence-electron chi connectivity index (χ0n) is 19.0. The normalized spacial score (nSPS) is 11.3. The van der Waals surface area contributed by atoms with Gasteiger partial charge in [-0.2, -0.15) is 0 Å². The van der Waals surface area contributed by atoms with Crippen molar-refractivity contribution in [2.24, 2.45) is 0 Å². The van der Waals surface area contributed by atoms with Crippen LogP contribution in [0.15, 0.2) is 30.3 Å². The fraction of sp³-hybridized carbons (Fsp3) is 0.769. The van der Waals surface area contributed by atoms with Gasteiger partial charge in [0.05, 0.1) is 0 Å². The summed E-state index contributed by atoms with van der Waals surface area (Å²) in [7, 11) is 1.40. The Morgan fingerprint density at radius 2 is 0.893 bits per heavy atom. The minimum atomic E-state index is 1.01. The summed E-state index contributed by atoms with van der Waals surface area (Å²) >= 11 is 0. The minimum absolute atomic E-state index is 1.01. The first-order chi connectivity index (χ1) is 13.9. The van der Waals surface area contributed by atoms with Gasteiger partial charge in [-0.3, -0.25) is 0 Å². The number of hydrogen-bond donors (Lipinski definition) is 1. The summed E-state index contributed by atoms with van der Waals surface area (Å²) in [6.45, 7) is 2.18. The Morgan fingerprint density at radius 3 is 1.32 bits per heavy atom. The second-order valence-corrected chi connectivity index (χ2v) is 9.67. The summed E-state index contributed by atoms with van der Waals surface area (Å²) in [5.41, 5.74) is 1.39. The van der Waals surface area contributed by atoms with Gasteiger partial charge >= 0.3 is 0 Å². The zero-order chi connectivity index (χ0) is 20.0. The largest absolute Gasteiger partial charge is 0.313 e. The van der Waals surface area contributed by atoms with E-state index in [0.717, 1.165) is 13.1 Å². The first kappa shape index (κ1) is 25.4. The van der Waals surface area contributed by atoms with Crippen molar-refractivity contribution in [3.05, 3.63) is 35.9 Å². The summed E-state index contributed by atoms with van der Waals surface area (Å²) < 4.78 is 0. The highest BCUT2D eigenvalue weighted by Crippen LogP contribution is 2.14. The maximum absolute atomic E-state index is 3.56. The predicted molar refractivity (Wildman–Crippen MR) is 131 cm³/mol. The Hall–Kier alpha value is -0.603. The third-order valence-electron chi connectivity index (χ3n) is 5.88. The van der Waals surface area contributed by atoms with Gasteiger partial charge in [-0.15, -0.1) is 0 Å². The summed E-state index contributed by atoms with van der Waals surface area (Å²) in [6.07, 6.45) is 24.9. The topological polar surface area (TPSA) is 12.0 Å². The highest BCUT2D eigenvalue weighted by atomic mass is 28.1. The van der Waals surface area contributed by atoms with Gasteiger partial charge < -0.3 is 5.32 Å². The van der Waals surface area contributed by atoms with Crippen LogP contribution >= 0.6 is 0 Å². The molecule has 0 amide bonds. The van der Waals surface area contributed by atoms with Crippen LogP contribution in [0.3, 0.4) is 0 Å². The number of benzene rings is 1. The highest BCUT2D eigenvalue weighted by molar-refractivity contribution is 6.08. The third-order valence-corrected chi connectivity index (χ3v) is 6.59. The number of rotatable bonds is 21. The summed E-state index contributed by atoms with van der Waals surface area (Å²) in [5.74, 6) is 0. The second-order valence-electron chi connectivity index (χ2n) is 8.67. The molecule has 0 saturated carbocycles. The second kappa shape index (κ2) is 21.1. The van der Waals surface area contributed by atoms with E-state index in [1.807, 2.05) is 0 Å². The molecule has 0 atom stereocenters. The maximum Gasteiger partial charge on any atom is 0.0205 e. The van der Waals surface area contributed by atoms with Crippen molar-refractivity contribution in [3.8, 4) is 0 Å². The third kappa shape index (κ3) is 17.5. The standard InChI is InChI=1S/C26H49NSi/c28-24-20-15-13-11-9-7-5-3-1-2-4-6-8-10-12-14-19-23-27-25-26-21-17-16-18-22-26/h16-18,21-22,27H,1-15,19-20,23-25H2,28H3. The van der Waals surface area contributed by atoms with E-state index < -0.39 is 0 Å². The fourth-order valence-corrected chi connectivity index (χ4v) is 4.48. The van der Waals surface area contributed by atoms with Crippen molar-refractivity contribution < 1.29 is 0 Å². The van der Waals surface area contributed by atoms with Crippen molar-refractivity contribution in [2.45, 2.75) is 122 Å². The lowest BCUT2D eigenvalue weighted by Gasteiger charge is -2.05. The van der Waals surface area contributed by atoms with E-state index in [4.69, 9.17) is 0 Å². The molecule has 0 aliphatic rings. The lowest BCUT2D eigenvalue weighted by atomic mass is 10.0. The average Bonchev–Trinajstić information content (AvgIpc) is 2.73. The van der Waals surface area contributed by atoms with Crippen molar-refractivity contribution >= 4 is 10.2 Å². The van der Waals surface area contributed by atoms with E-state index in [2.05, 4.69) is 35.6 Å². The van der Waals surface area contributed by atoms with E-state index in [1.54, 1.807) is 0 Å². The average molecular weight is 404 g/mol. The first-order valence-electron chi connectivity index (χ1n) is 12.7. The molecule has 0 aliphatic heterocycles. The summed E-state index contributed by atoms with van der Waals surface area (Å²) in [4.78, 5) is 0. The molecule has 0 saturated heterocycles. The van der Waals surface area contributed by atoms with E-state index in [1.165, 1.54) is 131 Å². The van der Waals surface area contributed by atoms with Crippen LogP contribution in [-0.2, 0) is 6.54 Å². The van der Waals surface area contributed by atoms with E-state index in [-0.39, 0.29) is 0 Å². The van der Waals surface area contributed by atoms with Crippen LogP contribution in [0, 0.1) is 0 Å². The molecule has 1 aromatic rings. The van der Waals surface area contributed by atoms with Gasteiger partial charge in [0.2, 0.25) is 0 Å². The van der Waals surface area contributed by atoms with Crippen molar-refractivity contribution in [1.29, 1.82) is 0 Å². The summed E-state index contributed by atoms with van der Waals surface area (Å²) in [5, 5.41) is 3.56. The molecule has 1 aromatic carbocycles. The van der Waals surface area contributed by atoms with Crippen molar-refractivity contribution in [2.75, 3.05) is 6.54 Å². The molecular weight excluding hydrogens is 354 g/mol. The van der Waals surface area contributed by atoms with Crippen LogP contribution in [0.2, 0.25) is 6.04 Å². The molecule has 28 heavy (non-hydrogen) atoms. The number of unbranched alkanes of at least 4 members (excludes halogenated alkanes) is 16. The summed E-state index contributed by atoms with van der Waals surface area (Å²) in [6, 6.07) is 12.2. The molecule has 0 aromatic heterocycles. The molecule has 0 bridgehead atoms. The van der Waals surface area contributed by atoms with Crippen LogP contribution in [0.4, 0.5) is 0 Å². The van der Waals surface area contributed by atoms with Gasteiger partial charge in [-0.05, 0) is 18.5 Å². The van der Waals surface area contributed by atoms with Gasteiger partial charge in [-0.1, -0.05) is 139 Å². The molecule has 2 heteroatoms. The zero-order valence-corrected chi connectivity index (χ0v) is 21.0. The Bertz CT molecular complexity index is 406. The minimum Gasteiger partial charge on any atom is -0.313 e. The highest BCUT2D eigenvalue weighted by Gasteiger charge is 1.95. The molecule has 1 N–H and O–H groups in total. The Morgan fingerprint density at radius 1 is 0.500 bits per heavy atom. The van der Waals surface area contributed by atoms with Gasteiger partial charge in [0.1, 0.15) is 0 Å². The maximum atomic E-state index is 3.56. The van der Waals surface area contributed by atoms with Gasteiger partial charge in [0.25, 0.3) is 0 Å². The van der Waals surface area contributed by atoms with Gasteiger partial charge in [-0.25, -0.2) is 0 Å². The molecule has 0 aliphatic carbocycles. The first-order valence-corrected chi connectivity index (χ1v) is 14.1. The van der Waals surface area contributed by atoms with Crippen LogP contribution < -0.4 is 5.32 Å². The SMILES string of the molecule is [SiH3]CCCCCCCCCCCCCCCCCCCNCc1ccccc1. The van der Waals surface area contributed by atoms with Crippen LogP contribution in [0.5, 0.6) is 0 Å². The number of nitrogens with one attached hydrogen (secondary N) is 1. The molecular formula is C26H49NSi. The Balaban J connectivity index is 1.67. The molecule has 162 valence electrons. The molecule has 0 radical (unpaired) electrons. The molecule has 0 unspecified atom stereocenters.